The number of nitrogens with zero attached hydrogens (tertiary/aromatic N) is 1. The fourth-order valence-electron chi connectivity index (χ4n) is 1.40. The van der Waals surface area contributed by atoms with Gasteiger partial charge >= 0.3 is 0 Å². The van der Waals surface area contributed by atoms with Crippen LogP contribution in [0.15, 0.2) is 18.2 Å². The zero-order valence-electron chi connectivity index (χ0n) is 10.3. The third-order valence-electron chi connectivity index (χ3n) is 2.60. The van der Waals surface area contributed by atoms with Gasteiger partial charge in [-0.3, -0.25) is 10.1 Å². The number of sulfone groups is 1. The predicted molar refractivity (Wildman–Crippen MR) is 70.7 cm³/mol. The van der Waals surface area contributed by atoms with E-state index in [1.54, 1.807) is 19.9 Å². The number of hydrogen-bond acceptors (Lipinski definition) is 5. The molecule has 0 fully saturated rings. The number of aryl methyl sites for hydroxylation is 1. The summed E-state index contributed by atoms with van der Waals surface area (Å²) in [6.07, 6.45) is 0. The van der Waals surface area contributed by atoms with E-state index in [-0.39, 0.29) is 23.7 Å². The van der Waals surface area contributed by atoms with E-state index in [1.165, 1.54) is 12.1 Å². The van der Waals surface area contributed by atoms with Crippen molar-refractivity contribution in [3.63, 3.8) is 0 Å². The van der Waals surface area contributed by atoms with Gasteiger partial charge in [0.25, 0.3) is 5.69 Å². The molecule has 6 nitrogen and oxygen atoms in total. The molecule has 1 aromatic carbocycles. The maximum absolute atomic E-state index is 11.3. The van der Waals surface area contributed by atoms with Gasteiger partial charge in [0.15, 0.2) is 9.84 Å². The molecule has 0 unspecified atom stereocenters. The molecule has 0 saturated carbocycles. The lowest BCUT2D eigenvalue weighted by molar-refractivity contribution is -0.384. The van der Waals surface area contributed by atoms with Crippen LogP contribution in [0.1, 0.15) is 12.5 Å². The predicted octanol–water partition coefficient (Wildman–Crippen LogP) is 1.75. The van der Waals surface area contributed by atoms with E-state index in [1.807, 2.05) is 0 Å². The minimum atomic E-state index is -3.03. The Hall–Kier alpha value is -1.63. The molecule has 0 radical (unpaired) electrons. The highest BCUT2D eigenvalue weighted by Gasteiger charge is 2.10. The summed E-state index contributed by atoms with van der Waals surface area (Å²) in [7, 11) is -3.03. The van der Waals surface area contributed by atoms with E-state index < -0.39 is 14.8 Å². The Bertz CT molecular complexity index is 540. The van der Waals surface area contributed by atoms with Crippen molar-refractivity contribution in [3.05, 3.63) is 33.9 Å². The van der Waals surface area contributed by atoms with Crippen LogP contribution in [-0.2, 0) is 9.84 Å². The lowest BCUT2D eigenvalue weighted by Crippen LogP contribution is -2.17. The van der Waals surface area contributed by atoms with Crippen molar-refractivity contribution in [3.8, 4) is 0 Å². The first-order valence-corrected chi connectivity index (χ1v) is 7.37. The minimum absolute atomic E-state index is 0.0125. The summed E-state index contributed by atoms with van der Waals surface area (Å²) in [6, 6.07) is 4.46. The van der Waals surface area contributed by atoms with Crippen LogP contribution in [-0.4, -0.2) is 31.4 Å². The number of non-ortho nitro benzene ring substituents is 1. The van der Waals surface area contributed by atoms with Crippen LogP contribution in [0.4, 0.5) is 11.4 Å². The van der Waals surface area contributed by atoms with Gasteiger partial charge in [-0.25, -0.2) is 8.42 Å². The second kappa shape index (κ2) is 5.81. The minimum Gasteiger partial charge on any atom is -0.384 e. The van der Waals surface area contributed by atoms with Gasteiger partial charge in [0.1, 0.15) is 0 Å². The van der Waals surface area contributed by atoms with Crippen molar-refractivity contribution in [2.24, 2.45) is 0 Å². The number of anilines is 1. The molecule has 7 heteroatoms. The van der Waals surface area contributed by atoms with Crippen LogP contribution in [0.2, 0.25) is 0 Å². The Labute approximate surface area is 106 Å². The second-order valence-corrected chi connectivity index (χ2v) is 6.39. The lowest BCUT2D eigenvalue weighted by atomic mass is 10.2. The van der Waals surface area contributed by atoms with Crippen molar-refractivity contribution in [2.75, 3.05) is 23.4 Å². The van der Waals surface area contributed by atoms with E-state index in [0.717, 1.165) is 5.56 Å². The zero-order chi connectivity index (χ0) is 13.8. The highest BCUT2D eigenvalue weighted by molar-refractivity contribution is 7.91. The number of rotatable bonds is 6. The molecule has 0 aliphatic rings. The topological polar surface area (TPSA) is 89.3 Å². The summed E-state index contributed by atoms with van der Waals surface area (Å²) in [5.41, 5.74) is 1.42. The smallest absolute Gasteiger partial charge is 0.271 e. The maximum atomic E-state index is 11.3. The molecule has 0 heterocycles. The Kier molecular flexibility index (Phi) is 4.66. The average Bonchev–Trinajstić information content (AvgIpc) is 2.31. The van der Waals surface area contributed by atoms with Crippen molar-refractivity contribution in [1.82, 2.24) is 0 Å². The first kappa shape index (κ1) is 14.4. The van der Waals surface area contributed by atoms with Crippen LogP contribution < -0.4 is 5.32 Å². The summed E-state index contributed by atoms with van der Waals surface area (Å²) in [4.78, 5) is 10.1. The van der Waals surface area contributed by atoms with Crippen LogP contribution in [0.5, 0.6) is 0 Å². The highest BCUT2D eigenvalue weighted by Crippen LogP contribution is 2.21. The van der Waals surface area contributed by atoms with Gasteiger partial charge in [-0.2, -0.15) is 0 Å². The molecule has 0 spiro atoms. The molecule has 0 atom stereocenters. The Morgan fingerprint density at radius 3 is 2.61 bits per heavy atom. The Morgan fingerprint density at radius 1 is 1.39 bits per heavy atom. The monoisotopic (exact) mass is 272 g/mol. The SMILES string of the molecule is CCS(=O)(=O)CCNc1cc([N+](=O)[O-])ccc1C. The number of hydrogen-bond donors (Lipinski definition) is 1. The van der Waals surface area contributed by atoms with Gasteiger partial charge in [-0.15, -0.1) is 0 Å². The third-order valence-corrected chi connectivity index (χ3v) is 4.31. The van der Waals surface area contributed by atoms with Gasteiger partial charge in [0.05, 0.1) is 10.7 Å². The number of nitrogens with one attached hydrogen (secondary N) is 1. The van der Waals surface area contributed by atoms with Gasteiger partial charge < -0.3 is 5.32 Å². The van der Waals surface area contributed by atoms with E-state index in [4.69, 9.17) is 0 Å². The van der Waals surface area contributed by atoms with Crippen LogP contribution in [0.3, 0.4) is 0 Å². The van der Waals surface area contributed by atoms with Crippen LogP contribution in [0.25, 0.3) is 0 Å². The summed E-state index contributed by atoms with van der Waals surface area (Å²) >= 11 is 0. The fraction of sp³-hybridized carbons (Fsp3) is 0.455. The molecular weight excluding hydrogens is 256 g/mol. The quantitative estimate of drug-likeness (QED) is 0.629. The van der Waals surface area contributed by atoms with Gasteiger partial charge in [-0.1, -0.05) is 13.0 Å². The largest absolute Gasteiger partial charge is 0.384 e. The van der Waals surface area contributed by atoms with Crippen LogP contribution in [0, 0.1) is 17.0 Å². The molecule has 100 valence electrons. The Morgan fingerprint density at radius 2 is 2.06 bits per heavy atom. The molecule has 1 N–H and O–H groups in total. The van der Waals surface area contributed by atoms with Crippen LogP contribution >= 0.6 is 0 Å². The van der Waals surface area contributed by atoms with Gasteiger partial charge in [0, 0.05) is 30.1 Å². The normalized spacial score (nSPS) is 11.2. The van der Waals surface area contributed by atoms with Gasteiger partial charge in [0.2, 0.25) is 0 Å². The molecule has 0 aliphatic carbocycles. The second-order valence-electron chi connectivity index (χ2n) is 3.92. The van der Waals surface area contributed by atoms with Crippen molar-refractivity contribution in [2.45, 2.75) is 13.8 Å². The summed E-state index contributed by atoms with van der Waals surface area (Å²) in [5, 5.41) is 13.5. The number of nitro benzene ring substituents is 1. The zero-order valence-corrected chi connectivity index (χ0v) is 11.2. The fourth-order valence-corrected chi connectivity index (χ4v) is 2.10. The number of benzene rings is 1. The molecular formula is C11H16N2O4S. The molecule has 18 heavy (non-hydrogen) atoms. The Balaban J connectivity index is 2.73. The molecule has 0 bridgehead atoms. The van der Waals surface area contributed by atoms with Crippen molar-refractivity contribution in [1.29, 1.82) is 0 Å². The van der Waals surface area contributed by atoms with Gasteiger partial charge in [-0.05, 0) is 12.5 Å². The molecule has 1 aromatic rings. The van der Waals surface area contributed by atoms with E-state index in [0.29, 0.717) is 5.69 Å². The molecule has 1 rings (SSSR count). The van der Waals surface area contributed by atoms with E-state index in [9.17, 15) is 18.5 Å². The van der Waals surface area contributed by atoms with Crippen molar-refractivity contribution >= 4 is 21.2 Å². The highest BCUT2D eigenvalue weighted by atomic mass is 32.2. The molecule has 0 aromatic heterocycles. The molecule has 0 amide bonds. The maximum Gasteiger partial charge on any atom is 0.271 e. The standard InChI is InChI=1S/C11H16N2O4S/c1-3-18(16,17)7-6-12-11-8-10(13(14)15)5-4-9(11)2/h4-5,8,12H,3,6-7H2,1-2H3. The number of nitro groups is 1. The van der Waals surface area contributed by atoms with Crippen molar-refractivity contribution < 1.29 is 13.3 Å². The molecule has 0 aliphatic heterocycles. The first-order valence-electron chi connectivity index (χ1n) is 5.55. The average molecular weight is 272 g/mol. The first-order chi connectivity index (χ1) is 8.35. The molecule has 0 saturated heterocycles. The summed E-state index contributed by atoms with van der Waals surface area (Å²) in [5.74, 6) is 0.119. The van der Waals surface area contributed by atoms with E-state index in [2.05, 4.69) is 5.32 Å². The summed E-state index contributed by atoms with van der Waals surface area (Å²) in [6.45, 7) is 3.65. The summed E-state index contributed by atoms with van der Waals surface area (Å²) < 4.78 is 22.6. The van der Waals surface area contributed by atoms with E-state index >= 15 is 0 Å². The lowest BCUT2D eigenvalue weighted by Gasteiger charge is -2.09. The third kappa shape index (κ3) is 3.99.